The summed E-state index contributed by atoms with van der Waals surface area (Å²) in [4.78, 5) is 25.3. The SMILES string of the molecule is COC(=O)CC1(C(=O)OC2C[C@@H](C)CC[C@@H]2C(C)C)CCCC(C)(C)O1. The number of ether oxygens (including phenoxy) is 3. The molecule has 0 radical (unpaired) electrons. The van der Waals surface area contributed by atoms with Crippen LogP contribution in [-0.4, -0.2) is 36.4 Å². The lowest BCUT2D eigenvalue weighted by atomic mass is 9.75. The van der Waals surface area contributed by atoms with Crippen LogP contribution in [0.1, 0.15) is 79.6 Å². The summed E-state index contributed by atoms with van der Waals surface area (Å²) in [6, 6.07) is 0. The minimum absolute atomic E-state index is 0.0830. The standard InChI is InChI=1S/C21H36O5/c1-14(2)16-9-8-15(3)12-17(16)25-19(23)21(13-18(22)24-6)11-7-10-20(4,5)26-21/h14-17H,7-13H2,1-6H3/t15-,16+,17?,21?/m0/s1. The van der Waals surface area contributed by atoms with Crippen LogP contribution in [0.5, 0.6) is 0 Å². The predicted molar refractivity (Wildman–Crippen MR) is 99.6 cm³/mol. The molecule has 1 heterocycles. The maximum Gasteiger partial charge on any atom is 0.339 e. The molecule has 150 valence electrons. The molecule has 1 aliphatic carbocycles. The number of hydrogen-bond acceptors (Lipinski definition) is 5. The van der Waals surface area contributed by atoms with Crippen LogP contribution in [0, 0.1) is 17.8 Å². The Bertz CT molecular complexity index is 513. The molecule has 5 heteroatoms. The van der Waals surface area contributed by atoms with Gasteiger partial charge in [0.1, 0.15) is 6.10 Å². The van der Waals surface area contributed by atoms with Crippen LogP contribution in [0.4, 0.5) is 0 Å². The smallest absolute Gasteiger partial charge is 0.339 e. The normalized spacial score (nSPS) is 34.3. The van der Waals surface area contributed by atoms with Crippen LogP contribution in [0.3, 0.4) is 0 Å². The van der Waals surface area contributed by atoms with Gasteiger partial charge in [0.2, 0.25) is 0 Å². The van der Waals surface area contributed by atoms with E-state index in [4.69, 9.17) is 14.2 Å². The molecule has 1 saturated carbocycles. The van der Waals surface area contributed by atoms with E-state index in [1.54, 1.807) is 0 Å². The molecule has 2 rings (SSSR count). The minimum atomic E-state index is -1.23. The van der Waals surface area contributed by atoms with E-state index in [-0.39, 0.29) is 18.5 Å². The van der Waals surface area contributed by atoms with Crippen LogP contribution in [0.25, 0.3) is 0 Å². The van der Waals surface area contributed by atoms with Crippen molar-refractivity contribution in [3.05, 3.63) is 0 Å². The van der Waals surface area contributed by atoms with Crippen molar-refractivity contribution in [1.82, 2.24) is 0 Å². The largest absolute Gasteiger partial charge is 0.469 e. The van der Waals surface area contributed by atoms with Gasteiger partial charge in [0.25, 0.3) is 0 Å². The quantitative estimate of drug-likeness (QED) is 0.678. The first-order valence-electron chi connectivity index (χ1n) is 10.1. The molecule has 0 aromatic carbocycles. The van der Waals surface area contributed by atoms with E-state index in [9.17, 15) is 9.59 Å². The summed E-state index contributed by atoms with van der Waals surface area (Å²) in [5, 5.41) is 0. The van der Waals surface area contributed by atoms with Crippen LogP contribution >= 0.6 is 0 Å². The average molecular weight is 369 g/mol. The van der Waals surface area contributed by atoms with Crippen molar-refractivity contribution < 1.29 is 23.8 Å². The Morgan fingerprint density at radius 1 is 1.19 bits per heavy atom. The molecule has 2 aliphatic rings. The maximum atomic E-state index is 13.2. The van der Waals surface area contributed by atoms with Gasteiger partial charge in [-0.1, -0.05) is 27.2 Å². The zero-order valence-electron chi connectivity index (χ0n) is 17.3. The van der Waals surface area contributed by atoms with Crippen LogP contribution in [-0.2, 0) is 23.8 Å². The minimum Gasteiger partial charge on any atom is -0.469 e. The number of hydrogen-bond donors (Lipinski definition) is 0. The van der Waals surface area contributed by atoms with Gasteiger partial charge < -0.3 is 14.2 Å². The van der Waals surface area contributed by atoms with Crippen LogP contribution in [0.15, 0.2) is 0 Å². The van der Waals surface area contributed by atoms with Gasteiger partial charge in [-0.15, -0.1) is 0 Å². The van der Waals surface area contributed by atoms with Gasteiger partial charge >= 0.3 is 11.9 Å². The molecule has 4 atom stereocenters. The molecule has 1 aliphatic heterocycles. The fourth-order valence-corrected chi connectivity index (χ4v) is 4.57. The number of carbonyl (C=O) groups is 2. The molecule has 0 aromatic rings. The van der Waals surface area contributed by atoms with Crippen molar-refractivity contribution in [2.24, 2.45) is 17.8 Å². The molecule has 0 bridgehead atoms. The first-order chi connectivity index (χ1) is 12.1. The van der Waals surface area contributed by atoms with Crippen molar-refractivity contribution in [1.29, 1.82) is 0 Å². The molecule has 5 nitrogen and oxygen atoms in total. The van der Waals surface area contributed by atoms with Gasteiger partial charge in [-0.3, -0.25) is 4.79 Å². The van der Waals surface area contributed by atoms with Gasteiger partial charge in [0, 0.05) is 0 Å². The van der Waals surface area contributed by atoms with E-state index >= 15 is 0 Å². The summed E-state index contributed by atoms with van der Waals surface area (Å²) in [6.07, 6.45) is 5.13. The summed E-state index contributed by atoms with van der Waals surface area (Å²) in [5.41, 5.74) is -1.68. The number of rotatable bonds is 5. The number of esters is 2. The fourth-order valence-electron chi connectivity index (χ4n) is 4.57. The van der Waals surface area contributed by atoms with E-state index in [1.165, 1.54) is 13.5 Å². The lowest BCUT2D eigenvalue weighted by molar-refractivity contribution is -0.219. The highest BCUT2D eigenvalue weighted by Crippen LogP contribution is 2.41. The predicted octanol–water partition coefficient (Wildman–Crippen LogP) is 4.27. The zero-order valence-corrected chi connectivity index (χ0v) is 17.3. The molecule has 0 aromatic heterocycles. The fraction of sp³-hybridized carbons (Fsp3) is 0.905. The lowest BCUT2D eigenvalue weighted by Crippen LogP contribution is -2.54. The molecular formula is C21H36O5. The Morgan fingerprint density at radius 3 is 2.46 bits per heavy atom. The molecule has 1 saturated heterocycles. The number of methoxy groups -OCH3 is 1. The molecule has 2 unspecified atom stereocenters. The third kappa shape index (κ3) is 4.99. The molecule has 2 fully saturated rings. The monoisotopic (exact) mass is 368 g/mol. The van der Waals surface area contributed by atoms with Crippen molar-refractivity contribution in [3.8, 4) is 0 Å². The summed E-state index contributed by atoms with van der Waals surface area (Å²) in [7, 11) is 1.34. The Hall–Kier alpha value is -1.10. The second-order valence-electron chi connectivity index (χ2n) is 9.23. The topological polar surface area (TPSA) is 61.8 Å². The second-order valence-corrected chi connectivity index (χ2v) is 9.23. The summed E-state index contributed by atoms with van der Waals surface area (Å²) in [6.45, 7) is 10.5. The Balaban J connectivity index is 2.21. The third-order valence-corrected chi connectivity index (χ3v) is 6.08. The zero-order chi connectivity index (χ0) is 19.5. The molecule has 0 N–H and O–H groups in total. The molecule has 0 amide bonds. The maximum absolute atomic E-state index is 13.2. The van der Waals surface area contributed by atoms with Gasteiger partial charge in [-0.05, 0) is 63.7 Å². The van der Waals surface area contributed by atoms with Crippen molar-refractivity contribution >= 4 is 11.9 Å². The second kappa shape index (κ2) is 8.28. The lowest BCUT2D eigenvalue weighted by Gasteiger charge is -2.45. The summed E-state index contributed by atoms with van der Waals surface area (Å²) < 4.78 is 17.1. The van der Waals surface area contributed by atoms with Gasteiger partial charge in [-0.2, -0.15) is 0 Å². The van der Waals surface area contributed by atoms with Gasteiger partial charge in [0.15, 0.2) is 5.60 Å². The van der Waals surface area contributed by atoms with E-state index in [0.29, 0.717) is 24.2 Å². The van der Waals surface area contributed by atoms with E-state index in [1.807, 2.05) is 13.8 Å². The molecular weight excluding hydrogens is 332 g/mol. The van der Waals surface area contributed by atoms with Crippen molar-refractivity contribution in [3.63, 3.8) is 0 Å². The van der Waals surface area contributed by atoms with Crippen LogP contribution < -0.4 is 0 Å². The van der Waals surface area contributed by atoms with E-state index in [0.717, 1.165) is 25.7 Å². The first kappa shape index (κ1) is 21.2. The van der Waals surface area contributed by atoms with Crippen molar-refractivity contribution in [2.75, 3.05) is 7.11 Å². The molecule has 0 spiro atoms. The van der Waals surface area contributed by atoms with Crippen LogP contribution in [0.2, 0.25) is 0 Å². The van der Waals surface area contributed by atoms with Crippen molar-refractivity contribution in [2.45, 2.75) is 96.9 Å². The third-order valence-electron chi connectivity index (χ3n) is 6.08. The summed E-state index contributed by atoms with van der Waals surface area (Å²) in [5.74, 6) is 0.545. The Labute approximate surface area is 158 Å². The van der Waals surface area contributed by atoms with Gasteiger partial charge in [0.05, 0.1) is 19.1 Å². The number of carbonyl (C=O) groups excluding carboxylic acids is 2. The van der Waals surface area contributed by atoms with Gasteiger partial charge in [-0.25, -0.2) is 4.79 Å². The van der Waals surface area contributed by atoms with E-state index < -0.39 is 17.2 Å². The molecule has 26 heavy (non-hydrogen) atoms. The van der Waals surface area contributed by atoms with E-state index in [2.05, 4.69) is 20.8 Å². The Morgan fingerprint density at radius 2 is 1.88 bits per heavy atom. The highest BCUT2D eigenvalue weighted by atomic mass is 16.6. The highest BCUT2D eigenvalue weighted by molar-refractivity contribution is 5.86. The summed E-state index contributed by atoms with van der Waals surface area (Å²) >= 11 is 0. The Kier molecular flexibility index (Phi) is 6.75. The average Bonchev–Trinajstić information content (AvgIpc) is 2.53. The first-order valence-corrected chi connectivity index (χ1v) is 10.1. The highest BCUT2D eigenvalue weighted by Gasteiger charge is 2.51.